The van der Waals surface area contributed by atoms with Crippen LogP contribution in [0.3, 0.4) is 0 Å². The molecule has 0 amide bonds. The van der Waals surface area contributed by atoms with Crippen molar-refractivity contribution in [3.05, 3.63) is 35.9 Å². The van der Waals surface area contributed by atoms with Crippen molar-refractivity contribution in [2.75, 3.05) is 13.1 Å². The second-order valence-corrected chi connectivity index (χ2v) is 6.66. The lowest BCUT2D eigenvalue weighted by molar-refractivity contribution is 0.0635. The minimum absolute atomic E-state index is 0.491. The van der Waals surface area contributed by atoms with Crippen molar-refractivity contribution >= 4 is 0 Å². The Bertz CT molecular complexity index is 413. The van der Waals surface area contributed by atoms with Gasteiger partial charge in [-0.2, -0.15) is 0 Å². The quantitative estimate of drug-likeness (QED) is 0.783. The molecular weight excluding hydrogens is 230 g/mol. The summed E-state index contributed by atoms with van der Waals surface area (Å²) in [6.07, 6.45) is 6.91. The van der Waals surface area contributed by atoms with E-state index in [1.54, 1.807) is 5.56 Å². The van der Waals surface area contributed by atoms with Crippen LogP contribution in [0.4, 0.5) is 0 Å². The summed E-state index contributed by atoms with van der Waals surface area (Å²) < 4.78 is 0. The van der Waals surface area contributed by atoms with Crippen molar-refractivity contribution < 1.29 is 0 Å². The van der Waals surface area contributed by atoms with E-state index < -0.39 is 0 Å². The Hall–Kier alpha value is -0.820. The molecule has 19 heavy (non-hydrogen) atoms. The second-order valence-electron chi connectivity index (χ2n) is 6.66. The highest BCUT2D eigenvalue weighted by atomic mass is 15.2. The van der Waals surface area contributed by atoms with Gasteiger partial charge in [-0.15, -0.1) is 0 Å². The molecule has 1 aliphatic heterocycles. The molecule has 1 aromatic carbocycles. The monoisotopic (exact) mass is 257 g/mol. The highest BCUT2D eigenvalue weighted by Crippen LogP contribution is 2.52. The molecule has 1 heteroatoms. The zero-order valence-electron chi connectivity index (χ0n) is 12.4. The van der Waals surface area contributed by atoms with Gasteiger partial charge < -0.3 is 4.90 Å². The third-order valence-electron chi connectivity index (χ3n) is 5.55. The van der Waals surface area contributed by atoms with Gasteiger partial charge in [-0.1, -0.05) is 43.7 Å². The minimum atomic E-state index is 0.491. The molecule has 104 valence electrons. The molecule has 2 aliphatic rings. The van der Waals surface area contributed by atoms with Crippen molar-refractivity contribution in [1.29, 1.82) is 0 Å². The van der Waals surface area contributed by atoms with Crippen LogP contribution in [0.2, 0.25) is 0 Å². The van der Waals surface area contributed by atoms with Crippen molar-refractivity contribution in [3.8, 4) is 0 Å². The highest BCUT2D eigenvalue weighted by Gasteiger charge is 2.48. The summed E-state index contributed by atoms with van der Waals surface area (Å²) in [6.45, 7) is 7.35. The fraction of sp³-hybridized carbons (Fsp3) is 0.667. The molecule has 0 spiro atoms. The normalized spacial score (nSPS) is 35.3. The second kappa shape index (κ2) is 5.28. The summed E-state index contributed by atoms with van der Waals surface area (Å²) in [5.41, 5.74) is 2.10. The number of hydrogen-bond donors (Lipinski definition) is 0. The van der Waals surface area contributed by atoms with Crippen LogP contribution in [-0.2, 0) is 5.41 Å². The molecule has 2 fully saturated rings. The van der Waals surface area contributed by atoms with Crippen molar-refractivity contribution in [2.24, 2.45) is 5.92 Å². The SMILES string of the molecule is CCCN1CC2CCCC2(c2ccccc2)CC1C. The van der Waals surface area contributed by atoms with Crippen LogP contribution in [0.25, 0.3) is 0 Å². The van der Waals surface area contributed by atoms with Crippen LogP contribution in [0.1, 0.15) is 51.5 Å². The average molecular weight is 257 g/mol. The molecule has 0 aromatic heterocycles. The largest absolute Gasteiger partial charge is 0.300 e. The molecule has 3 unspecified atom stereocenters. The summed E-state index contributed by atoms with van der Waals surface area (Å²) >= 11 is 0. The molecule has 1 aromatic rings. The number of benzene rings is 1. The summed E-state index contributed by atoms with van der Waals surface area (Å²) in [5, 5.41) is 0. The van der Waals surface area contributed by atoms with Crippen LogP contribution in [-0.4, -0.2) is 24.0 Å². The van der Waals surface area contributed by atoms with Crippen molar-refractivity contribution in [2.45, 2.75) is 57.4 Å². The van der Waals surface area contributed by atoms with E-state index in [9.17, 15) is 0 Å². The molecule has 3 atom stereocenters. The number of hydrogen-bond acceptors (Lipinski definition) is 1. The fourth-order valence-corrected chi connectivity index (χ4v) is 4.67. The van der Waals surface area contributed by atoms with Crippen molar-refractivity contribution in [3.63, 3.8) is 0 Å². The predicted molar refractivity (Wildman–Crippen MR) is 81.4 cm³/mol. The molecule has 0 N–H and O–H groups in total. The van der Waals surface area contributed by atoms with E-state index in [1.807, 2.05) is 0 Å². The van der Waals surface area contributed by atoms with E-state index in [4.69, 9.17) is 0 Å². The molecule has 1 aliphatic carbocycles. The molecular formula is C18H27N. The minimum Gasteiger partial charge on any atom is -0.300 e. The molecule has 1 saturated carbocycles. The van der Waals surface area contributed by atoms with Crippen LogP contribution < -0.4 is 0 Å². The molecule has 1 heterocycles. The van der Waals surface area contributed by atoms with Gasteiger partial charge in [0.15, 0.2) is 0 Å². The molecule has 0 bridgehead atoms. The van der Waals surface area contributed by atoms with Gasteiger partial charge in [0.2, 0.25) is 0 Å². The summed E-state index contributed by atoms with van der Waals surface area (Å²) in [4.78, 5) is 2.73. The van der Waals surface area contributed by atoms with E-state index in [1.165, 1.54) is 45.2 Å². The summed E-state index contributed by atoms with van der Waals surface area (Å²) in [6, 6.07) is 12.1. The Morgan fingerprint density at radius 1 is 1.26 bits per heavy atom. The first-order valence-electron chi connectivity index (χ1n) is 8.06. The Labute approximate surface area is 118 Å². The molecule has 1 nitrogen and oxygen atoms in total. The van der Waals surface area contributed by atoms with Crippen LogP contribution in [0, 0.1) is 5.92 Å². The highest BCUT2D eigenvalue weighted by molar-refractivity contribution is 5.29. The number of likely N-dealkylation sites (tertiary alicyclic amines) is 1. The van der Waals surface area contributed by atoms with Gasteiger partial charge >= 0.3 is 0 Å². The first-order chi connectivity index (χ1) is 9.26. The average Bonchev–Trinajstić information content (AvgIpc) is 2.84. The predicted octanol–water partition coefficient (Wildman–Crippen LogP) is 4.23. The zero-order chi connectivity index (χ0) is 13.3. The maximum absolute atomic E-state index is 2.73. The number of piperidine rings is 1. The third kappa shape index (κ3) is 2.23. The smallest absolute Gasteiger partial charge is 0.00756 e. The van der Waals surface area contributed by atoms with E-state index in [0.717, 1.165) is 12.0 Å². The van der Waals surface area contributed by atoms with Gasteiger partial charge in [-0.3, -0.25) is 0 Å². The van der Waals surface area contributed by atoms with E-state index in [2.05, 4.69) is 49.1 Å². The summed E-state index contributed by atoms with van der Waals surface area (Å²) in [5.74, 6) is 0.887. The van der Waals surface area contributed by atoms with Gasteiger partial charge in [-0.25, -0.2) is 0 Å². The first kappa shape index (κ1) is 13.2. The zero-order valence-corrected chi connectivity index (χ0v) is 12.4. The van der Waals surface area contributed by atoms with E-state index in [-0.39, 0.29) is 0 Å². The maximum Gasteiger partial charge on any atom is 0.00756 e. The molecule has 1 saturated heterocycles. The van der Waals surface area contributed by atoms with Gasteiger partial charge in [0.25, 0.3) is 0 Å². The van der Waals surface area contributed by atoms with Gasteiger partial charge in [0.1, 0.15) is 0 Å². The van der Waals surface area contributed by atoms with Crippen LogP contribution in [0.15, 0.2) is 30.3 Å². The van der Waals surface area contributed by atoms with Crippen molar-refractivity contribution in [1.82, 2.24) is 4.90 Å². The fourth-order valence-electron chi connectivity index (χ4n) is 4.67. The standard InChI is InChI=1S/C18H27N/c1-3-12-19-14-17-10-7-11-18(17,13-15(19)2)16-8-5-4-6-9-16/h4-6,8-9,15,17H,3,7,10-14H2,1-2H3. The Morgan fingerprint density at radius 3 is 2.79 bits per heavy atom. The topological polar surface area (TPSA) is 3.24 Å². The molecule has 0 radical (unpaired) electrons. The van der Waals surface area contributed by atoms with Gasteiger partial charge in [0, 0.05) is 18.0 Å². The number of rotatable bonds is 3. The Kier molecular flexibility index (Phi) is 3.66. The number of fused-ring (bicyclic) bond motifs is 1. The Morgan fingerprint density at radius 2 is 2.05 bits per heavy atom. The lowest BCUT2D eigenvalue weighted by atomic mass is 9.66. The summed E-state index contributed by atoms with van der Waals surface area (Å²) in [7, 11) is 0. The van der Waals surface area contributed by atoms with Crippen LogP contribution >= 0.6 is 0 Å². The van der Waals surface area contributed by atoms with E-state index >= 15 is 0 Å². The Balaban J connectivity index is 1.89. The number of nitrogens with zero attached hydrogens (tertiary/aromatic N) is 1. The third-order valence-corrected chi connectivity index (χ3v) is 5.55. The first-order valence-corrected chi connectivity index (χ1v) is 8.06. The van der Waals surface area contributed by atoms with E-state index in [0.29, 0.717) is 5.41 Å². The van der Waals surface area contributed by atoms with Gasteiger partial charge in [0.05, 0.1) is 0 Å². The lowest BCUT2D eigenvalue weighted by Crippen LogP contribution is -2.51. The maximum atomic E-state index is 2.73. The molecule has 3 rings (SSSR count). The van der Waals surface area contributed by atoms with Crippen LogP contribution in [0.5, 0.6) is 0 Å². The van der Waals surface area contributed by atoms with Gasteiger partial charge in [-0.05, 0) is 50.6 Å². The lowest BCUT2D eigenvalue weighted by Gasteiger charge is -2.48.